The summed E-state index contributed by atoms with van der Waals surface area (Å²) in [6, 6.07) is 15.6. The maximum Gasteiger partial charge on any atom is 0.119 e. The van der Waals surface area contributed by atoms with Gasteiger partial charge in [-0.1, -0.05) is 37.3 Å². The summed E-state index contributed by atoms with van der Waals surface area (Å²) < 4.78 is 5.46. The Morgan fingerprint density at radius 2 is 1.77 bits per heavy atom. The van der Waals surface area contributed by atoms with Gasteiger partial charge in [0.05, 0.1) is 7.11 Å². The number of nitrogens with two attached hydrogens (primary N) is 1. The van der Waals surface area contributed by atoms with Crippen molar-refractivity contribution in [2.45, 2.75) is 37.6 Å². The Bertz CT molecular complexity index is 723. The number of benzene rings is 2. The highest BCUT2D eigenvalue weighted by molar-refractivity contribution is 5.47. The van der Waals surface area contributed by atoms with Gasteiger partial charge in [-0.05, 0) is 59.6 Å². The Kier molecular flexibility index (Phi) is 3.05. The summed E-state index contributed by atoms with van der Waals surface area (Å²) in [4.78, 5) is 0. The van der Waals surface area contributed by atoms with Crippen LogP contribution in [0.3, 0.4) is 0 Å². The fraction of sp³-hybridized carbons (Fsp3) is 0.400. The molecule has 0 saturated carbocycles. The predicted octanol–water partition coefficient (Wildman–Crippen LogP) is 3.25. The zero-order valence-electron chi connectivity index (χ0n) is 13.3. The number of methoxy groups -OCH3 is 1. The highest BCUT2D eigenvalue weighted by atomic mass is 16.5. The highest BCUT2D eigenvalue weighted by Crippen LogP contribution is 2.46. The van der Waals surface area contributed by atoms with Crippen molar-refractivity contribution in [1.29, 1.82) is 0 Å². The molecule has 0 amide bonds. The van der Waals surface area contributed by atoms with Gasteiger partial charge in [0.15, 0.2) is 0 Å². The van der Waals surface area contributed by atoms with Crippen LogP contribution in [0.2, 0.25) is 0 Å². The molecule has 0 radical (unpaired) electrons. The lowest BCUT2D eigenvalue weighted by molar-refractivity contribution is 0.258. The molecule has 0 spiro atoms. The maximum atomic E-state index is 6.76. The first-order valence-corrected chi connectivity index (χ1v) is 8.11. The predicted molar refractivity (Wildman–Crippen MR) is 89.4 cm³/mol. The first-order valence-electron chi connectivity index (χ1n) is 8.11. The Hall–Kier alpha value is -1.80. The van der Waals surface area contributed by atoms with E-state index in [9.17, 15) is 0 Å². The SMILES string of the molecule is COc1ccc2c(c1)[C@@]1(C)Cc3ccccc3CC(C2)C1N. The molecule has 0 saturated heterocycles. The van der Waals surface area contributed by atoms with Gasteiger partial charge in [-0.15, -0.1) is 0 Å². The summed E-state index contributed by atoms with van der Waals surface area (Å²) in [5.41, 5.74) is 12.5. The van der Waals surface area contributed by atoms with Gasteiger partial charge in [0, 0.05) is 11.5 Å². The Balaban J connectivity index is 1.91. The number of hydrogen-bond donors (Lipinski definition) is 1. The molecule has 2 N–H and O–H groups in total. The van der Waals surface area contributed by atoms with Crippen LogP contribution in [0.15, 0.2) is 42.5 Å². The molecule has 2 bridgehead atoms. The summed E-state index contributed by atoms with van der Waals surface area (Å²) in [6.07, 6.45) is 3.18. The van der Waals surface area contributed by atoms with Crippen LogP contribution in [0.1, 0.15) is 29.2 Å². The molecular weight excluding hydrogens is 270 g/mol. The Morgan fingerprint density at radius 1 is 1.05 bits per heavy atom. The van der Waals surface area contributed by atoms with E-state index in [1.54, 1.807) is 7.11 Å². The largest absolute Gasteiger partial charge is 0.497 e. The third-order valence-electron chi connectivity index (χ3n) is 5.82. The van der Waals surface area contributed by atoms with Crippen molar-refractivity contribution in [1.82, 2.24) is 0 Å². The number of fused-ring (bicyclic) bond motifs is 5. The first-order chi connectivity index (χ1) is 10.6. The molecular formula is C20H23NO. The van der Waals surface area contributed by atoms with Crippen molar-refractivity contribution >= 4 is 0 Å². The van der Waals surface area contributed by atoms with Gasteiger partial charge in [-0.2, -0.15) is 0 Å². The van der Waals surface area contributed by atoms with Crippen molar-refractivity contribution in [3.8, 4) is 5.75 Å². The smallest absolute Gasteiger partial charge is 0.119 e. The van der Waals surface area contributed by atoms with Crippen molar-refractivity contribution in [3.63, 3.8) is 0 Å². The third kappa shape index (κ3) is 1.90. The van der Waals surface area contributed by atoms with E-state index in [0.29, 0.717) is 5.92 Å². The topological polar surface area (TPSA) is 35.2 Å². The van der Waals surface area contributed by atoms with E-state index in [2.05, 4.69) is 49.4 Å². The molecule has 2 aliphatic carbocycles. The molecule has 2 heteroatoms. The molecule has 2 aromatic rings. The van der Waals surface area contributed by atoms with Crippen LogP contribution in [0.25, 0.3) is 0 Å². The minimum absolute atomic E-state index is 0.0145. The minimum Gasteiger partial charge on any atom is -0.497 e. The number of hydrogen-bond acceptors (Lipinski definition) is 2. The lowest BCUT2D eigenvalue weighted by Gasteiger charge is -2.44. The van der Waals surface area contributed by atoms with Crippen molar-refractivity contribution in [2.24, 2.45) is 11.7 Å². The second-order valence-corrected chi connectivity index (χ2v) is 7.08. The molecule has 2 nitrogen and oxygen atoms in total. The van der Waals surface area contributed by atoms with Crippen LogP contribution >= 0.6 is 0 Å². The van der Waals surface area contributed by atoms with Gasteiger partial charge in [-0.3, -0.25) is 0 Å². The minimum atomic E-state index is -0.0145. The fourth-order valence-corrected chi connectivity index (χ4v) is 4.52. The molecule has 2 aromatic carbocycles. The van der Waals surface area contributed by atoms with E-state index >= 15 is 0 Å². The third-order valence-corrected chi connectivity index (χ3v) is 5.82. The molecule has 22 heavy (non-hydrogen) atoms. The van der Waals surface area contributed by atoms with E-state index in [1.165, 1.54) is 22.3 Å². The average Bonchev–Trinajstić information content (AvgIpc) is 2.60. The Morgan fingerprint density at radius 3 is 2.55 bits per heavy atom. The van der Waals surface area contributed by atoms with E-state index in [-0.39, 0.29) is 11.5 Å². The van der Waals surface area contributed by atoms with Gasteiger partial charge in [0.1, 0.15) is 5.75 Å². The van der Waals surface area contributed by atoms with Crippen LogP contribution in [-0.4, -0.2) is 13.2 Å². The molecule has 0 heterocycles. The lowest BCUT2D eigenvalue weighted by atomic mass is 9.62. The molecule has 0 aromatic heterocycles. The maximum absolute atomic E-state index is 6.76. The second kappa shape index (κ2) is 4.85. The average molecular weight is 293 g/mol. The van der Waals surface area contributed by atoms with Crippen molar-refractivity contribution in [3.05, 3.63) is 64.7 Å². The number of rotatable bonds is 1. The van der Waals surface area contributed by atoms with Gasteiger partial charge in [0.25, 0.3) is 0 Å². The van der Waals surface area contributed by atoms with Gasteiger partial charge in [-0.25, -0.2) is 0 Å². The van der Waals surface area contributed by atoms with Crippen molar-refractivity contribution in [2.75, 3.05) is 7.11 Å². The molecule has 0 fully saturated rings. The molecule has 0 aliphatic heterocycles. The molecule has 2 aliphatic rings. The summed E-state index contributed by atoms with van der Waals surface area (Å²) in [5, 5.41) is 0. The van der Waals surface area contributed by atoms with E-state index in [4.69, 9.17) is 10.5 Å². The van der Waals surface area contributed by atoms with Crippen LogP contribution in [0.5, 0.6) is 5.75 Å². The normalized spacial score (nSPS) is 29.2. The van der Waals surface area contributed by atoms with E-state index in [0.717, 1.165) is 25.0 Å². The quantitative estimate of drug-likeness (QED) is 0.876. The summed E-state index contributed by atoms with van der Waals surface area (Å²) >= 11 is 0. The summed E-state index contributed by atoms with van der Waals surface area (Å²) in [6.45, 7) is 2.34. The lowest BCUT2D eigenvalue weighted by Crippen LogP contribution is -2.52. The van der Waals surface area contributed by atoms with E-state index < -0.39 is 0 Å². The standard InChI is InChI=1S/C20H23NO/c1-20-12-15-6-4-3-5-13(15)9-16(19(20)21)10-14-7-8-17(22-2)11-18(14)20/h3-8,11,16,19H,9-10,12,21H2,1-2H3/t16?,19?,20-/m1/s1. The van der Waals surface area contributed by atoms with Crippen molar-refractivity contribution < 1.29 is 4.74 Å². The van der Waals surface area contributed by atoms with Gasteiger partial charge >= 0.3 is 0 Å². The zero-order valence-corrected chi connectivity index (χ0v) is 13.3. The van der Waals surface area contributed by atoms with Crippen LogP contribution in [-0.2, 0) is 24.7 Å². The summed E-state index contributed by atoms with van der Waals surface area (Å²) in [7, 11) is 1.73. The fourth-order valence-electron chi connectivity index (χ4n) is 4.52. The van der Waals surface area contributed by atoms with Gasteiger partial charge in [0.2, 0.25) is 0 Å². The zero-order chi connectivity index (χ0) is 15.3. The Labute approximate surface area is 132 Å². The van der Waals surface area contributed by atoms with Gasteiger partial charge < -0.3 is 10.5 Å². The number of ether oxygens (including phenoxy) is 1. The first kappa shape index (κ1) is 13.8. The van der Waals surface area contributed by atoms with Crippen LogP contribution in [0.4, 0.5) is 0 Å². The van der Waals surface area contributed by atoms with E-state index in [1.807, 2.05) is 0 Å². The summed E-state index contributed by atoms with van der Waals surface area (Å²) in [5.74, 6) is 1.46. The molecule has 4 rings (SSSR count). The highest BCUT2D eigenvalue weighted by Gasteiger charge is 2.45. The monoisotopic (exact) mass is 293 g/mol. The van der Waals surface area contributed by atoms with Crippen LogP contribution < -0.4 is 10.5 Å². The molecule has 3 atom stereocenters. The second-order valence-electron chi connectivity index (χ2n) is 7.08. The molecule has 2 unspecified atom stereocenters. The van der Waals surface area contributed by atoms with Crippen LogP contribution in [0, 0.1) is 5.92 Å². The molecule has 114 valence electrons.